The lowest BCUT2D eigenvalue weighted by Gasteiger charge is -2.30. The van der Waals surface area contributed by atoms with Gasteiger partial charge in [-0.1, -0.05) is 13.0 Å². The Kier molecular flexibility index (Phi) is 4.03. The first-order valence-electron chi connectivity index (χ1n) is 7.45. The molecule has 1 aromatic carbocycles. The van der Waals surface area contributed by atoms with Gasteiger partial charge in [0.05, 0.1) is 13.2 Å². The first kappa shape index (κ1) is 13.6. The maximum absolute atomic E-state index is 12.2. The molecule has 2 heterocycles. The van der Waals surface area contributed by atoms with Crippen molar-refractivity contribution < 1.29 is 9.53 Å². The predicted octanol–water partition coefficient (Wildman–Crippen LogP) is 1.83. The first-order chi connectivity index (χ1) is 9.74. The van der Waals surface area contributed by atoms with Crippen LogP contribution in [0.15, 0.2) is 18.2 Å². The number of rotatable bonds is 3. The van der Waals surface area contributed by atoms with Gasteiger partial charge < -0.3 is 15.4 Å². The molecular formula is C16H22N2O2. The van der Waals surface area contributed by atoms with Crippen LogP contribution >= 0.6 is 0 Å². The van der Waals surface area contributed by atoms with E-state index in [2.05, 4.69) is 17.6 Å². The highest BCUT2D eigenvalue weighted by Crippen LogP contribution is 2.21. The third kappa shape index (κ3) is 2.86. The molecule has 2 aliphatic rings. The lowest BCUT2D eigenvalue weighted by Crippen LogP contribution is -2.47. The molecule has 0 aromatic heterocycles. The fourth-order valence-corrected chi connectivity index (χ4v) is 3.01. The monoisotopic (exact) mass is 274 g/mol. The average Bonchev–Trinajstić information content (AvgIpc) is 2.93. The molecule has 3 rings (SSSR count). The number of hydrogen-bond acceptors (Lipinski definition) is 3. The highest BCUT2D eigenvalue weighted by Gasteiger charge is 2.21. The van der Waals surface area contributed by atoms with Crippen LogP contribution in [0.25, 0.3) is 0 Å². The molecule has 4 nitrogen and oxygen atoms in total. The number of piperidine rings is 1. The van der Waals surface area contributed by atoms with Crippen LogP contribution in [0.1, 0.15) is 41.3 Å². The number of benzene rings is 1. The van der Waals surface area contributed by atoms with Gasteiger partial charge in [-0.05, 0) is 48.6 Å². The number of ether oxygens (including phenoxy) is 1. The van der Waals surface area contributed by atoms with E-state index in [9.17, 15) is 4.79 Å². The summed E-state index contributed by atoms with van der Waals surface area (Å²) in [6.07, 6.45) is 2.47. The zero-order valence-corrected chi connectivity index (χ0v) is 11.9. The summed E-state index contributed by atoms with van der Waals surface area (Å²) < 4.78 is 5.38. The molecule has 2 aliphatic heterocycles. The maximum Gasteiger partial charge on any atom is 0.251 e. The second-order valence-electron chi connectivity index (χ2n) is 5.87. The van der Waals surface area contributed by atoms with E-state index in [0.29, 0.717) is 31.7 Å². The molecule has 1 fully saturated rings. The van der Waals surface area contributed by atoms with Gasteiger partial charge >= 0.3 is 0 Å². The van der Waals surface area contributed by atoms with Crippen LogP contribution in [0.5, 0.6) is 0 Å². The van der Waals surface area contributed by atoms with Gasteiger partial charge in [-0.3, -0.25) is 4.79 Å². The summed E-state index contributed by atoms with van der Waals surface area (Å²) in [5, 5.41) is 6.53. The predicted molar refractivity (Wildman–Crippen MR) is 77.5 cm³/mol. The van der Waals surface area contributed by atoms with E-state index in [1.165, 1.54) is 18.4 Å². The van der Waals surface area contributed by atoms with E-state index in [0.717, 1.165) is 17.7 Å². The van der Waals surface area contributed by atoms with Crippen molar-refractivity contribution in [3.8, 4) is 0 Å². The quantitative estimate of drug-likeness (QED) is 0.884. The minimum Gasteiger partial charge on any atom is -0.372 e. The molecule has 1 saturated heterocycles. The van der Waals surface area contributed by atoms with Crippen molar-refractivity contribution in [1.29, 1.82) is 0 Å². The molecule has 1 amide bonds. The van der Waals surface area contributed by atoms with Crippen LogP contribution in [0, 0.1) is 5.92 Å². The second kappa shape index (κ2) is 5.94. The van der Waals surface area contributed by atoms with E-state index in [-0.39, 0.29) is 5.91 Å². The Bertz CT molecular complexity index is 501. The topological polar surface area (TPSA) is 50.4 Å². The van der Waals surface area contributed by atoms with Crippen LogP contribution in [-0.2, 0) is 18.0 Å². The summed E-state index contributed by atoms with van der Waals surface area (Å²) >= 11 is 0. The highest BCUT2D eigenvalue weighted by atomic mass is 16.5. The Balaban J connectivity index is 1.59. The molecule has 108 valence electrons. The molecule has 20 heavy (non-hydrogen) atoms. The molecule has 2 atom stereocenters. The molecule has 0 saturated carbocycles. The smallest absolute Gasteiger partial charge is 0.251 e. The zero-order chi connectivity index (χ0) is 13.9. The van der Waals surface area contributed by atoms with Gasteiger partial charge in [0.15, 0.2) is 0 Å². The molecule has 0 spiro atoms. The van der Waals surface area contributed by atoms with E-state index in [1.54, 1.807) is 0 Å². The summed E-state index contributed by atoms with van der Waals surface area (Å²) in [6.45, 7) is 5.29. The fraction of sp³-hybridized carbons (Fsp3) is 0.562. The van der Waals surface area contributed by atoms with E-state index in [4.69, 9.17) is 4.74 Å². The molecule has 4 heteroatoms. The minimum atomic E-state index is 0.0132. The van der Waals surface area contributed by atoms with Crippen LogP contribution in [0.2, 0.25) is 0 Å². The van der Waals surface area contributed by atoms with Gasteiger partial charge in [0, 0.05) is 18.2 Å². The zero-order valence-electron chi connectivity index (χ0n) is 11.9. The Hall–Kier alpha value is -1.39. The molecule has 2 unspecified atom stereocenters. The summed E-state index contributed by atoms with van der Waals surface area (Å²) in [7, 11) is 0. The van der Waals surface area contributed by atoms with Crippen LogP contribution in [0.4, 0.5) is 0 Å². The number of amides is 1. The van der Waals surface area contributed by atoms with Crippen molar-refractivity contribution in [2.75, 3.05) is 13.1 Å². The average molecular weight is 274 g/mol. The molecular weight excluding hydrogens is 252 g/mol. The maximum atomic E-state index is 12.2. The summed E-state index contributed by atoms with van der Waals surface area (Å²) in [5.74, 6) is 0.636. The summed E-state index contributed by atoms with van der Waals surface area (Å²) in [6, 6.07) is 6.24. The minimum absolute atomic E-state index is 0.0132. The van der Waals surface area contributed by atoms with Gasteiger partial charge in [-0.2, -0.15) is 0 Å². The molecule has 0 bridgehead atoms. The Morgan fingerprint density at radius 2 is 2.25 bits per heavy atom. The van der Waals surface area contributed by atoms with Crippen molar-refractivity contribution in [2.24, 2.45) is 5.92 Å². The van der Waals surface area contributed by atoms with Crippen molar-refractivity contribution in [3.05, 3.63) is 34.9 Å². The largest absolute Gasteiger partial charge is 0.372 e. The molecule has 0 aliphatic carbocycles. The third-order valence-electron chi connectivity index (χ3n) is 4.40. The van der Waals surface area contributed by atoms with E-state index in [1.807, 2.05) is 18.2 Å². The van der Waals surface area contributed by atoms with Crippen LogP contribution in [-0.4, -0.2) is 25.0 Å². The van der Waals surface area contributed by atoms with Crippen molar-refractivity contribution in [1.82, 2.24) is 10.6 Å². The van der Waals surface area contributed by atoms with Crippen molar-refractivity contribution in [3.63, 3.8) is 0 Å². The van der Waals surface area contributed by atoms with Gasteiger partial charge in [-0.15, -0.1) is 0 Å². The molecule has 1 aromatic rings. The Labute approximate surface area is 119 Å². The summed E-state index contributed by atoms with van der Waals surface area (Å²) in [5.41, 5.74) is 3.07. The normalized spacial score (nSPS) is 25.2. The fourth-order valence-electron chi connectivity index (χ4n) is 3.01. The molecule has 0 radical (unpaired) electrons. The Morgan fingerprint density at radius 1 is 1.40 bits per heavy atom. The van der Waals surface area contributed by atoms with Crippen molar-refractivity contribution in [2.45, 2.75) is 39.0 Å². The lowest BCUT2D eigenvalue weighted by atomic mass is 9.92. The molecule has 2 N–H and O–H groups in total. The van der Waals surface area contributed by atoms with Crippen LogP contribution < -0.4 is 10.6 Å². The SMILES string of the molecule is CC1CCCNC1CNC(=O)c1ccc2c(c1)COC2. The van der Waals surface area contributed by atoms with Gasteiger partial charge in [0.25, 0.3) is 5.91 Å². The standard InChI is InChI=1S/C16H22N2O2/c1-11-3-2-6-17-15(11)8-18-16(19)12-4-5-13-9-20-10-14(13)7-12/h4-5,7,11,15,17H,2-3,6,8-10H2,1H3,(H,18,19). The number of fused-ring (bicyclic) bond motifs is 1. The Morgan fingerprint density at radius 3 is 3.10 bits per heavy atom. The van der Waals surface area contributed by atoms with E-state index < -0.39 is 0 Å². The van der Waals surface area contributed by atoms with Gasteiger partial charge in [-0.25, -0.2) is 0 Å². The van der Waals surface area contributed by atoms with E-state index >= 15 is 0 Å². The van der Waals surface area contributed by atoms with Gasteiger partial charge in [0.2, 0.25) is 0 Å². The highest BCUT2D eigenvalue weighted by molar-refractivity contribution is 5.94. The number of nitrogens with one attached hydrogen (secondary N) is 2. The van der Waals surface area contributed by atoms with Crippen LogP contribution in [0.3, 0.4) is 0 Å². The number of carbonyl (C=O) groups excluding carboxylic acids is 1. The first-order valence-corrected chi connectivity index (χ1v) is 7.45. The van der Waals surface area contributed by atoms with Crippen molar-refractivity contribution >= 4 is 5.91 Å². The number of hydrogen-bond donors (Lipinski definition) is 2. The summed E-state index contributed by atoms with van der Waals surface area (Å²) in [4.78, 5) is 12.2. The number of carbonyl (C=O) groups is 1. The third-order valence-corrected chi connectivity index (χ3v) is 4.40. The second-order valence-corrected chi connectivity index (χ2v) is 5.87. The lowest BCUT2D eigenvalue weighted by molar-refractivity contribution is 0.0943. The van der Waals surface area contributed by atoms with Gasteiger partial charge in [0.1, 0.15) is 0 Å².